The molecule has 0 saturated heterocycles. The van der Waals surface area contributed by atoms with E-state index in [1.165, 1.54) is 0 Å². The van der Waals surface area contributed by atoms with Crippen molar-refractivity contribution in [3.63, 3.8) is 0 Å². The number of nitrogens with zero attached hydrogens (tertiary/aromatic N) is 1. The summed E-state index contributed by atoms with van der Waals surface area (Å²) in [6.07, 6.45) is 0.810. The van der Waals surface area contributed by atoms with E-state index in [1.807, 2.05) is 52.0 Å². The molecule has 1 aromatic rings. The van der Waals surface area contributed by atoms with Gasteiger partial charge in [0, 0.05) is 18.6 Å². The lowest BCUT2D eigenvalue weighted by Crippen LogP contribution is -2.43. The number of nitrogens with one attached hydrogen (secondary N) is 3. The van der Waals surface area contributed by atoms with Crippen molar-refractivity contribution >= 4 is 11.9 Å². The molecular formula is C19H32N4O3. The van der Waals surface area contributed by atoms with Crippen LogP contribution in [0.4, 0.5) is 0 Å². The van der Waals surface area contributed by atoms with Crippen molar-refractivity contribution in [3.05, 3.63) is 24.3 Å². The van der Waals surface area contributed by atoms with Crippen LogP contribution in [0.1, 0.15) is 34.1 Å². The molecule has 0 unspecified atom stereocenters. The fraction of sp³-hybridized carbons (Fsp3) is 0.579. The predicted octanol–water partition coefficient (Wildman–Crippen LogP) is 1.93. The van der Waals surface area contributed by atoms with Crippen molar-refractivity contribution in [2.75, 3.05) is 33.4 Å². The normalized spacial score (nSPS) is 11.7. The Balaban J connectivity index is 2.31. The highest BCUT2D eigenvalue weighted by atomic mass is 16.5. The van der Waals surface area contributed by atoms with E-state index in [0.29, 0.717) is 19.1 Å². The summed E-state index contributed by atoms with van der Waals surface area (Å²) in [6, 6.07) is 7.50. The molecule has 0 spiro atoms. The second kappa shape index (κ2) is 11.2. The van der Waals surface area contributed by atoms with Crippen LogP contribution in [0.15, 0.2) is 29.3 Å². The van der Waals surface area contributed by atoms with Crippen molar-refractivity contribution in [2.24, 2.45) is 4.99 Å². The van der Waals surface area contributed by atoms with Gasteiger partial charge < -0.3 is 25.4 Å². The zero-order valence-electron chi connectivity index (χ0n) is 16.5. The smallest absolute Gasteiger partial charge is 0.242 e. The van der Waals surface area contributed by atoms with E-state index < -0.39 is 0 Å². The maximum absolute atomic E-state index is 11.8. The van der Waals surface area contributed by atoms with Gasteiger partial charge in [0.2, 0.25) is 5.91 Å². The van der Waals surface area contributed by atoms with Crippen LogP contribution in [-0.4, -0.2) is 50.8 Å². The first-order chi connectivity index (χ1) is 12.3. The van der Waals surface area contributed by atoms with E-state index in [-0.39, 0.29) is 18.0 Å². The standard InChI is InChI=1S/C19H32N4O3/c1-6-20-18(22-14-17(24)23-19(2,3)4)21-12-7-13-26-16-10-8-15(25-5)9-11-16/h8-11H,6-7,12-14H2,1-5H3,(H,23,24)(H2,20,21,22). The molecular weight excluding hydrogens is 332 g/mol. The van der Waals surface area contributed by atoms with E-state index in [2.05, 4.69) is 20.9 Å². The van der Waals surface area contributed by atoms with Crippen LogP contribution in [0.3, 0.4) is 0 Å². The number of benzene rings is 1. The van der Waals surface area contributed by atoms with Gasteiger partial charge in [0.25, 0.3) is 0 Å². The molecule has 0 bridgehead atoms. The maximum atomic E-state index is 11.8. The summed E-state index contributed by atoms with van der Waals surface area (Å²) in [5.41, 5.74) is -0.253. The van der Waals surface area contributed by atoms with Gasteiger partial charge in [-0.25, -0.2) is 4.99 Å². The lowest BCUT2D eigenvalue weighted by atomic mass is 10.1. The molecule has 1 amide bonds. The molecule has 146 valence electrons. The number of aliphatic imine (C=N–C) groups is 1. The third-order valence-electron chi connectivity index (χ3n) is 3.18. The number of carbonyl (C=O) groups excluding carboxylic acids is 1. The van der Waals surface area contributed by atoms with Gasteiger partial charge in [0.05, 0.1) is 13.7 Å². The molecule has 7 heteroatoms. The highest BCUT2D eigenvalue weighted by molar-refractivity contribution is 5.85. The Kier molecular flexibility index (Phi) is 9.33. The Morgan fingerprint density at radius 3 is 2.35 bits per heavy atom. The third-order valence-corrected chi connectivity index (χ3v) is 3.18. The molecule has 0 atom stereocenters. The minimum Gasteiger partial charge on any atom is -0.497 e. The molecule has 7 nitrogen and oxygen atoms in total. The topological polar surface area (TPSA) is 84.0 Å². The number of methoxy groups -OCH3 is 1. The van der Waals surface area contributed by atoms with Crippen LogP contribution in [0.2, 0.25) is 0 Å². The minimum absolute atomic E-state index is 0.0922. The van der Waals surface area contributed by atoms with Gasteiger partial charge in [0.15, 0.2) is 5.96 Å². The highest BCUT2D eigenvalue weighted by Crippen LogP contribution is 2.16. The molecule has 1 rings (SSSR count). The van der Waals surface area contributed by atoms with Gasteiger partial charge in [-0.2, -0.15) is 0 Å². The summed E-state index contributed by atoms with van der Waals surface area (Å²) >= 11 is 0. The Morgan fingerprint density at radius 2 is 1.77 bits per heavy atom. The number of hydrogen-bond acceptors (Lipinski definition) is 4. The average Bonchev–Trinajstić information content (AvgIpc) is 2.58. The van der Waals surface area contributed by atoms with Crippen LogP contribution in [-0.2, 0) is 4.79 Å². The lowest BCUT2D eigenvalue weighted by Gasteiger charge is -2.20. The van der Waals surface area contributed by atoms with Gasteiger partial charge in [0.1, 0.15) is 18.0 Å². The molecule has 3 N–H and O–H groups in total. The van der Waals surface area contributed by atoms with Crippen LogP contribution in [0.25, 0.3) is 0 Å². The molecule has 1 aromatic carbocycles. The fourth-order valence-electron chi connectivity index (χ4n) is 2.09. The molecule has 0 fully saturated rings. The summed E-state index contributed by atoms with van der Waals surface area (Å²) in [7, 11) is 1.64. The second-order valence-electron chi connectivity index (χ2n) is 6.80. The van der Waals surface area contributed by atoms with Crippen LogP contribution in [0, 0.1) is 0 Å². The van der Waals surface area contributed by atoms with Gasteiger partial charge in [-0.3, -0.25) is 4.79 Å². The number of guanidine groups is 1. The highest BCUT2D eigenvalue weighted by Gasteiger charge is 2.13. The monoisotopic (exact) mass is 364 g/mol. The quantitative estimate of drug-likeness (QED) is 0.354. The van der Waals surface area contributed by atoms with Crippen molar-refractivity contribution in [2.45, 2.75) is 39.7 Å². The van der Waals surface area contributed by atoms with E-state index in [9.17, 15) is 4.79 Å². The van der Waals surface area contributed by atoms with Crippen molar-refractivity contribution in [1.82, 2.24) is 16.0 Å². The predicted molar refractivity (Wildman–Crippen MR) is 105 cm³/mol. The van der Waals surface area contributed by atoms with E-state index in [4.69, 9.17) is 9.47 Å². The van der Waals surface area contributed by atoms with Crippen LogP contribution < -0.4 is 25.4 Å². The number of rotatable bonds is 9. The van der Waals surface area contributed by atoms with E-state index >= 15 is 0 Å². The van der Waals surface area contributed by atoms with Crippen LogP contribution >= 0.6 is 0 Å². The maximum Gasteiger partial charge on any atom is 0.242 e. The Bertz CT molecular complexity index is 565. The molecule has 0 aromatic heterocycles. The zero-order valence-corrected chi connectivity index (χ0v) is 16.5. The van der Waals surface area contributed by atoms with Gasteiger partial charge >= 0.3 is 0 Å². The Labute approximate surface area is 156 Å². The van der Waals surface area contributed by atoms with Gasteiger partial charge in [-0.15, -0.1) is 0 Å². The number of amides is 1. The van der Waals surface area contributed by atoms with Crippen molar-refractivity contribution in [1.29, 1.82) is 0 Å². The summed E-state index contributed by atoms with van der Waals surface area (Å²) < 4.78 is 10.8. The molecule has 0 aliphatic carbocycles. The van der Waals surface area contributed by atoms with E-state index in [1.54, 1.807) is 7.11 Å². The first kappa shape index (κ1) is 21.6. The second-order valence-corrected chi connectivity index (χ2v) is 6.80. The van der Waals surface area contributed by atoms with Crippen LogP contribution in [0.5, 0.6) is 11.5 Å². The molecule has 0 aliphatic heterocycles. The average molecular weight is 364 g/mol. The Hall–Kier alpha value is -2.44. The number of carbonyl (C=O) groups is 1. The summed E-state index contributed by atoms with van der Waals surface area (Å²) in [5.74, 6) is 2.14. The lowest BCUT2D eigenvalue weighted by molar-refractivity contribution is -0.121. The minimum atomic E-state index is -0.253. The molecule has 0 heterocycles. The fourth-order valence-corrected chi connectivity index (χ4v) is 2.09. The van der Waals surface area contributed by atoms with Crippen molar-refractivity contribution in [3.8, 4) is 11.5 Å². The van der Waals surface area contributed by atoms with Crippen molar-refractivity contribution < 1.29 is 14.3 Å². The van der Waals surface area contributed by atoms with Gasteiger partial charge in [-0.1, -0.05) is 0 Å². The molecule has 0 radical (unpaired) electrons. The third kappa shape index (κ3) is 9.76. The number of ether oxygens (including phenoxy) is 2. The van der Waals surface area contributed by atoms with E-state index in [0.717, 1.165) is 24.5 Å². The SMILES string of the molecule is CCNC(=NCC(=O)NC(C)(C)C)NCCCOc1ccc(OC)cc1. The molecule has 26 heavy (non-hydrogen) atoms. The first-order valence-corrected chi connectivity index (χ1v) is 8.94. The summed E-state index contributed by atoms with van der Waals surface area (Å²) in [6.45, 7) is 9.93. The van der Waals surface area contributed by atoms with Gasteiger partial charge in [-0.05, 0) is 58.4 Å². The molecule has 0 saturated carbocycles. The Morgan fingerprint density at radius 1 is 1.12 bits per heavy atom. The zero-order chi connectivity index (χ0) is 19.4. The molecule has 0 aliphatic rings. The number of hydrogen-bond donors (Lipinski definition) is 3. The first-order valence-electron chi connectivity index (χ1n) is 8.94. The summed E-state index contributed by atoms with van der Waals surface area (Å²) in [4.78, 5) is 16.1. The summed E-state index contributed by atoms with van der Waals surface area (Å²) in [5, 5.41) is 9.22. The largest absolute Gasteiger partial charge is 0.497 e.